The Morgan fingerprint density at radius 1 is 0.515 bits per heavy atom. The van der Waals surface area contributed by atoms with Crippen molar-refractivity contribution in [2.75, 3.05) is 12.4 Å². The average molecular weight is 1030 g/mol. The third kappa shape index (κ3) is 10.2. The number of fused-ring (bicyclic) bond motifs is 5. The Bertz CT molecular complexity index is 4070. The van der Waals surface area contributed by atoms with Gasteiger partial charge in [0.1, 0.15) is 32.3 Å². The molecule has 352 valence electrons. The number of azo groups is 2. The molecule has 0 aliphatic heterocycles. The van der Waals surface area contributed by atoms with E-state index in [0.717, 1.165) is 23.0 Å². The molecule has 1 heterocycles. The molecule has 8 rings (SSSR count). The van der Waals surface area contributed by atoms with E-state index in [9.17, 15) is 65.4 Å². The van der Waals surface area contributed by atoms with Crippen LogP contribution in [0.25, 0.3) is 49.0 Å². The molecule has 68 heavy (non-hydrogen) atoms. The molecule has 24 nitrogen and oxygen atoms in total. The second kappa shape index (κ2) is 17.3. The van der Waals surface area contributed by atoms with Crippen LogP contribution >= 0.6 is 0 Å². The fraction of sp³-hybridized carbons (Fsp3) is 0.0769. The van der Waals surface area contributed by atoms with Crippen molar-refractivity contribution >= 4 is 117 Å². The number of rotatable bonds is 14. The lowest BCUT2D eigenvalue weighted by atomic mass is 10.1. The molecule has 0 amide bonds. The molecular weight excluding hydrogens is 999 g/mol. The van der Waals surface area contributed by atoms with Gasteiger partial charge in [0.2, 0.25) is 0 Å². The molecule has 0 aliphatic carbocycles. The van der Waals surface area contributed by atoms with E-state index >= 15 is 0 Å². The first kappa shape index (κ1) is 47.6. The third-order valence-electron chi connectivity index (χ3n) is 9.91. The Hall–Kier alpha value is -6.93. The van der Waals surface area contributed by atoms with E-state index in [0.29, 0.717) is 16.8 Å². The van der Waals surface area contributed by atoms with Crippen LogP contribution in [0.15, 0.2) is 143 Å². The van der Waals surface area contributed by atoms with Gasteiger partial charge in [-0.2, -0.15) is 62.2 Å². The van der Waals surface area contributed by atoms with Crippen molar-refractivity contribution in [2.45, 2.75) is 26.0 Å². The predicted molar refractivity (Wildman–Crippen MR) is 240 cm³/mol. The van der Waals surface area contributed by atoms with Gasteiger partial charge in [0.05, 0.1) is 44.9 Å². The minimum atomic E-state index is -5.08. The molecule has 0 radical (unpaired) electrons. The molecule has 6 N–H and O–H groups in total. The first-order valence-electron chi connectivity index (χ1n) is 18.9. The minimum Gasteiger partial charge on any atom is -0.505 e. The lowest BCUT2D eigenvalue weighted by Gasteiger charge is -2.11. The van der Waals surface area contributed by atoms with Gasteiger partial charge in [-0.1, -0.05) is 12.1 Å². The summed E-state index contributed by atoms with van der Waals surface area (Å²) in [6.07, 6.45) is -0.133. The van der Waals surface area contributed by atoms with Crippen LogP contribution in [0.1, 0.15) is 6.42 Å². The van der Waals surface area contributed by atoms with E-state index in [1.807, 2.05) is 0 Å². The predicted octanol–water partition coefficient (Wildman–Crippen LogP) is 7.06. The zero-order valence-corrected chi connectivity index (χ0v) is 37.9. The highest BCUT2D eigenvalue weighted by Crippen LogP contribution is 2.42. The quantitative estimate of drug-likeness (QED) is 0.0360. The molecule has 0 spiro atoms. The second-order valence-corrected chi connectivity index (χ2v) is 21.7. The van der Waals surface area contributed by atoms with Crippen LogP contribution in [0.3, 0.4) is 0 Å². The molecule has 0 fully saturated rings. The first-order valence-corrected chi connectivity index (χ1v) is 26.2. The zero-order valence-electron chi connectivity index (χ0n) is 33.8. The maximum absolute atomic E-state index is 12.6. The lowest BCUT2D eigenvalue weighted by Crippen LogP contribution is -2.09. The summed E-state index contributed by atoms with van der Waals surface area (Å²) in [6.45, 7) is -0.233. The molecule has 0 saturated heterocycles. The number of aromatic nitrogens is 3. The summed E-state index contributed by atoms with van der Waals surface area (Å²) in [5, 5.41) is 36.7. The fourth-order valence-electron chi connectivity index (χ4n) is 6.84. The second-order valence-electron chi connectivity index (χ2n) is 14.5. The van der Waals surface area contributed by atoms with Gasteiger partial charge < -0.3 is 9.84 Å². The average Bonchev–Trinajstić information content (AvgIpc) is 3.70. The normalized spacial score (nSPS) is 13.2. The number of benzene rings is 7. The van der Waals surface area contributed by atoms with Gasteiger partial charge in [-0.05, 0) is 102 Å². The minimum absolute atomic E-state index is 0.0308. The van der Waals surface area contributed by atoms with Crippen LogP contribution in [-0.2, 0) is 50.6 Å². The SMILES string of the molecule is O=S(=O)(O)CCCOc1cc(S(=O)(=O)O)cc2ccc(N=Nc3ccc(N=Nc4c(S(=O)(=O)O)cc5cc(-n6nc7ccc8c(S(=O)(=O)O)cc(S(=O)(=O)O)cc8c7n6)ccc5c4O)cc3)cc12. The van der Waals surface area contributed by atoms with Crippen molar-refractivity contribution in [3.63, 3.8) is 0 Å². The number of nitrogens with zero attached hydrogens (tertiary/aromatic N) is 7. The van der Waals surface area contributed by atoms with E-state index in [1.54, 1.807) is 0 Å². The van der Waals surface area contributed by atoms with E-state index < -0.39 is 87.4 Å². The van der Waals surface area contributed by atoms with Gasteiger partial charge in [0.15, 0.2) is 5.75 Å². The van der Waals surface area contributed by atoms with Crippen molar-refractivity contribution in [3.05, 3.63) is 103 Å². The van der Waals surface area contributed by atoms with Crippen molar-refractivity contribution in [2.24, 2.45) is 20.5 Å². The summed E-state index contributed by atoms with van der Waals surface area (Å²) >= 11 is 0. The summed E-state index contributed by atoms with van der Waals surface area (Å²) in [5.74, 6) is -1.34. The molecular formula is C39H29N7O17S5. The van der Waals surface area contributed by atoms with Crippen LogP contribution < -0.4 is 4.74 Å². The Morgan fingerprint density at radius 2 is 1.12 bits per heavy atom. The van der Waals surface area contributed by atoms with Crippen LogP contribution in [0.4, 0.5) is 22.7 Å². The Morgan fingerprint density at radius 3 is 1.75 bits per heavy atom. The van der Waals surface area contributed by atoms with Gasteiger partial charge in [-0.15, -0.1) is 15.3 Å². The van der Waals surface area contributed by atoms with Crippen LogP contribution in [-0.4, -0.2) is 97.3 Å². The van der Waals surface area contributed by atoms with Crippen LogP contribution in [0.2, 0.25) is 0 Å². The van der Waals surface area contributed by atoms with E-state index in [2.05, 4.69) is 30.7 Å². The topological polar surface area (TPSA) is 381 Å². The Kier molecular flexibility index (Phi) is 12.1. The zero-order chi connectivity index (χ0) is 49.1. The Labute approximate surface area is 383 Å². The first-order chi connectivity index (χ1) is 31.7. The van der Waals surface area contributed by atoms with E-state index in [1.165, 1.54) is 78.9 Å². The van der Waals surface area contributed by atoms with Crippen LogP contribution in [0, 0.1) is 0 Å². The monoisotopic (exact) mass is 1030 g/mol. The summed E-state index contributed by atoms with van der Waals surface area (Å²) in [4.78, 5) is -1.98. The van der Waals surface area contributed by atoms with Gasteiger partial charge >= 0.3 is 0 Å². The summed E-state index contributed by atoms with van der Waals surface area (Å²) in [7, 11) is -24.0. The summed E-state index contributed by atoms with van der Waals surface area (Å²) in [6, 6.07) is 21.6. The molecule has 0 unspecified atom stereocenters. The van der Waals surface area contributed by atoms with Crippen LogP contribution in [0.5, 0.6) is 11.5 Å². The maximum Gasteiger partial charge on any atom is 0.296 e. The largest absolute Gasteiger partial charge is 0.505 e. The molecule has 0 saturated carbocycles. The van der Waals surface area contributed by atoms with Crippen molar-refractivity contribution in [1.82, 2.24) is 15.0 Å². The molecule has 8 aromatic rings. The van der Waals surface area contributed by atoms with Crippen molar-refractivity contribution in [3.8, 4) is 17.2 Å². The molecule has 7 aromatic carbocycles. The lowest BCUT2D eigenvalue weighted by molar-refractivity contribution is 0.319. The van der Waals surface area contributed by atoms with Gasteiger partial charge in [0, 0.05) is 27.6 Å². The highest BCUT2D eigenvalue weighted by Gasteiger charge is 2.25. The fourth-order valence-corrected chi connectivity index (χ4v) is 9.85. The van der Waals surface area contributed by atoms with Crippen molar-refractivity contribution in [1.29, 1.82) is 0 Å². The highest BCUT2D eigenvalue weighted by molar-refractivity contribution is 7.87. The number of phenols is 1. The number of hydrogen-bond acceptors (Lipinski definition) is 18. The molecule has 29 heteroatoms. The van der Waals surface area contributed by atoms with Gasteiger partial charge in [0.25, 0.3) is 50.6 Å². The van der Waals surface area contributed by atoms with E-state index in [4.69, 9.17) is 9.29 Å². The summed E-state index contributed by atoms with van der Waals surface area (Å²) < 4.78 is 173. The summed E-state index contributed by atoms with van der Waals surface area (Å²) in [5.41, 5.74) is 0.225. The smallest absolute Gasteiger partial charge is 0.296 e. The number of hydrogen-bond donors (Lipinski definition) is 6. The van der Waals surface area contributed by atoms with Gasteiger partial charge in [-0.3, -0.25) is 22.8 Å². The molecule has 1 aromatic heterocycles. The Balaban J connectivity index is 1.07. The van der Waals surface area contributed by atoms with E-state index in [-0.39, 0.29) is 74.1 Å². The number of phenolic OH excluding ortho intramolecular Hbond substituents is 1. The van der Waals surface area contributed by atoms with Crippen molar-refractivity contribution < 1.29 is 74.7 Å². The molecule has 0 aliphatic rings. The maximum atomic E-state index is 12.6. The number of ether oxygens (including phenoxy) is 1. The van der Waals surface area contributed by atoms with Gasteiger partial charge in [-0.25, -0.2) is 0 Å². The third-order valence-corrected chi connectivity index (χ3v) is 14.1. The molecule has 0 bridgehead atoms. The number of aromatic hydroxyl groups is 1. The standard InChI is InChI=1S/C39H29N7O17S5/c47-39-29-9-8-26(46-44-33-11-10-30-32(37(33)45-46)18-28(66(54,55)56)20-35(30)67(57,58)59)14-22(29)16-36(68(60,61)62)38(39)43-41-24-6-4-23(5-7-24)40-42-25-3-2-21-15-27(65(51,52)53)19-34(31(21)17-25)63-12-1-13-64(48,49)50/h2-11,14-20,47H,1,12-13H2,(H,48,49,50)(H,51,52,53)(H,54,55,56)(H,57,58,59)(H,60,61,62). The highest BCUT2D eigenvalue weighted by atomic mass is 32.2. The molecule has 0 atom stereocenters.